The summed E-state index contributed by atoms with van der Waals surface area (Å²) in [7, 11) is 4.38. The van der Waals surface area contributed by atoms with Crippen LogP contribution in [0, 0.1) is 5.41 Å². The highest BCUT2D eigenvalue weighted by Gasteiger charge is 2.37. The average molecular weight is 276 g/mol. The van der Waals surface area contributed by atoms with Crippen LogP contribution in [-0.4, -0.2) is 59.1 Å². The molecule has 1 unspecified atom stereocenters. The van der Waals surface area contributed by atoms with Crippen molar-refractivity contribution in [3.8, 4) is 0 Å². The zero-order valence-electron chi connectivity index (χ0n) is 13.0. The van der Waals surface area contributed by atoms with Crippen molar-refractivity contribution in [2.45, 2.75) is 32.1 Å². The summed E-state index contributed by atoms with van der Waals surface area (Å²) >= 11 is 0. The number of likely N-dealkylation sites (tertiary alicyclic amines) is 2. The van der Waals surface area contributed by atoms with Gasteiger partial charge >= 0.3 is 0 Å². The van der Waals surface area contributed by atoms with Crippen LogP contribution in [0.4, 0.5) is 0 Å². The lowest BCUT2D eigenvalue weighted by Gasteiger charge is -2.47. The van der Waals surface area contributed by atoms with Crippen LogP contribution in [0.2, 0.25) is 0 Å². The molecular weight excluding hydrogens is 248 g/mol. The zero-order chi connectivity index (χ0) is 14.0. The van der Waals surface area contributed by atoms with Crippen molar-refractivity contribution in [3.05, 3.63) is 18.2 Å². The van der Waals surface area contributed by atoms with E-state index in [2.05, 4.69) is 33.4 Å². The Bertz CT molecular complexity index is 437. The predicted molar refractivity (Wildman–Crippen MR) is 81.8 cm³/mol. The number of rotatable bonds is 3. The summed E-state index contributed by atoms with van der Waals surface area (Å²) in [6, 6.07) is 0. The fourth-order valence-electron chi connectivity index (χ4n) is 4.18. The van der Waals surface area contributed by atoms with Crippen molar-refractivity contribution < 1.29 is 0 Å². The lowest BCUT2D eigenvalue weighted by atomic mass is 9.74. The van der Waals surface area contributed by atoms with E-state index in [1.165, 1.54) is 57.7 Å². The molecule has 2 aliphatic heterocycles. The van der Waals surface area contributed by atoms with Gasteiger partial charge in [-0.15, -0.1) is 0 Å². The molecule has 20 heavy (non-hydrogen) atoms. The van der Waals surface area contributed by atoms with E-state index in [1.54, 1.807) is 0 Å². The van der Waals surface area contributed by atoms with Crippen LogP contribution in [-0.2, 0) is 13.5 Å². The van der Waals surface area contributed by atoms with Crippen LogP contribution in [0.3, 0.4) is 0 Å². The first-order valence-electron chi connectivity index (χ1n) is 8.04. The molecule has 3 heterocycles. The number of hydrogen-bond acceptors (Lipinski definition) is 3. The van der Waals surface area contributed by atoms with Crippen LogP contribution < -0.4 is 0 Å². The van der Waals surface area contributed by atoms with Gasteiger partial charge in [-0.05, 0) is 51.2 Å². The first-order valence-corrected chi connectivity index (χ1v) is 8.04. The van der Waals surface area contributed by atoms with E-state index in [0.717, 1.165) is 13.0 Å². The molecule has 1 aromatic rings. The minimum Gasteiger partial charge on any atom is -0.338 e. The Balaban J connectivity index is 1.56. The van der Waals surface area contributed by atoms with Gasteiger partial charge in [0.1, 0.15) is 5.82 Å². The molecule has 1 spiro atoms. The third kappa shape index (κ3) is 3.07. The maximum atomic E-state index is 4.44. The molecule has 4 heteroatoms. The maximum absolute atomic E-state index is 4.44. The summed E-state index contributed by atoms with van der Waals surface area (Å²) in [6.07, 6.45) is 10.6. The Morgan fingerprint density at radius 1 is 1.15 bits per heavy atom. The molecule has 4 nitrogen and oxygen atoms in total. The van der Waals surface area contributed by atoms with Gasteiger partial charge in [0.05, 0.1) is 0 Å². The molecule has 0 radical (unpaired) electrons. The molecule has 0 N–H and O–H groups in total. The molecule has 1 aromatic heterocycles. The first-order chi connectivity index (χ1) is 9.67. The number of hydrogen-bond donors (Lipinski definition) is 0. The zero-order valence-corrected chi connectivity index (χ0v) is 13.0. The SMILES string of the molecule is CN1CCCC2(CCCN(CCc3nccn3C)C2)C1. The van der Waals surface area contributed by atoms with Gasteiger partial charge in [0.2, 0.25) is 0 Å². The fourth-order valence-corrected chi connectivity index (χ4v) is 4.18. The summed E-state index contributed by atoms with van der Waals surface area (Å²) < 4.78 is 2.15. The van der Waals surface area contributed by atoms with Gasteiger partial charge in [0, 0.05) is 45.5 Å². The fraction of sp³-hybridized carbons (Fsp3) is 0.812. The monoisotopic (exact) mass is 276 g/mol. The predicted octanol–water partition coefficient (Wildman–Crippen LogP) is 1.77. The summed E-state index contributed by atoms with van der Waals surface area (Å²) in [5.74, 6) is 1.21. The molecule has 1 atom stereocenters. The van der Waals surface area contributed by atoms with Gasteiger partial charge in [-0.1, -0.05) is 0 Å². The van der Waals surface area contributed by atoms with Gasteiger partial charge < -0.3 is 14.4 Å². The summed E-state index contributed by atoms with van der Waals surface area (Å²) in [6.45, 7) is 6.31. The van der Waals surface area contributed by atoms with Crippen LogP contribution in [0.15, 0.2) is 12.4 Å². The first kappa shape index (κ1) is 14.1. The van der Waals surface area contributed by atoms with E-state index in [0.29, 0.717) is 5.41 Å². The lowest BCUT2D eigenvalue weighted by molar-refractivity contribution is 0.0233. The summed E-state index contributed by atoms with van der Waals surface area (Å²) in [4.78, 5) is 9.66. The smallest absolute Gasteiger partial charge is 0.109 e. The molecule has 0 saturated carbocycles. The topological polar surface area (TPSA) is 24.3 Å². The van der Waals surface area contributed by atoms with Crippen molar-refractivity contribution in [2.75, 3.05) is 39.8 Å². The Kier molecular flexibility index (Phi) is 4.13. The van der Waals surface area contributed by atoms with Crippen molar-refractivity contribution in [3.63, 3.8) is 0 Å². The molecular formula is C16H28N4. The van der Waals surface area contributed by atoms with E-state index in [4.69, 9.17) is 0 Å². The number of piperidine rings is 2. The van der Waals surface area contributed by atoms with Crippen LogP contribution in [0.25, 0.3) is 0 Å². The van der Waals surface area contributed by atoms with Gasteiger partial charge in [0.25, 0.3) is 0 Å². The van der Waals surface area contributed by atoms with Gasteiger partial charge in [-0.25, -0.2) is 4.98 Å². The third-order valence-electron chi connectivity index (χ3n) is 5.17. The van der Waals surface area contributed by atoms with E-state index in [1.807, 2.05) is 12.4 Å². The minimum absolute atomic E-state index is 0.576. The van der Waals surface area contributed by atoms with Crippen LogP contribution >= 0.6 is 0 Å². The summed E-state index contributed by atoms with van der Waals surface area (Å²) in [5, 5.41) is 0. The van der Waals surface area contributed by atoms with Gasteiger partial charge in [-0.3, -0.25) is 0 Å². The largest absolute Gasteiger partial charge is 0.338 e. The summed E-state index contributed by atoms with van der Waals surface area (Å²) in [5.41, 5.74) is 0.576. The quantitative estimate of drug-likeness (QED) is 0.841. The molecule has 2 aliphatic rings. The number of nitrogens with zero attached hydrogens (tertiary/aromatic N) is 4. The van der Waals surface area contributed by atoms with E-state index in [-0.39, 0.29) is 0 Å². The van der Waals surface area contributed by atoms with Gasteiger partial charge in [0.15, 0.2) is 0 Å². The minimum atomic E-state index is 0.576. The molecule has 2 fully saturated rings. The second-order valence-electron chi connectivity index (χ2n) is 6.93. The average Bonchev–Trinajstić information content (AvgIpc) is 2.82. The highest BCUT2D eigenvalue weighted by Crippen LogP contribution is 2.37. The van der Waals surface area contributed by atoms with Crippen LogP contribution in [0.5, 0.6) is 0 Å². The molecule has 0 aromatic carbocycles. The number of aromatic nitrogens is 2. The van der Waals surface area contributed by atoms with Crippen molar-refractivity contribution >= 4 is 0 Å². The Morgan fingerprint density at radius 2 is 1.95 bits per heavy atom. The van der Waals surface area contributed by atoms with E-state index < -0.39 is 0 Å². The normalized spacial score (nSPS) is 29.1. The Morgan fingerprint density at radius 3 is 2.65 bits per heavy atom. The molecule has 3 rings (SSSR count). The third-order valence-corrected chi connectivity index (χ3v) is 5.17. The second kappa shape index (κ2) is 5.86. The number of aryl methyl sites for hydroxylation is 1. The van der Waals surface area contributed by atoms with Crippen molar-refractivity contribution in [1.29, 1.82) is 0 Å². The second-order valence-corrected chi connectivity index (χ2v) is 6.93. The Hall–Kier alpha value is -0.870. The van der Waals surface area contributed by atoms with Gasteiger partial charge in [-0.2, -0.15) is 0 Å². The molecule has 112 valence electrons. The standard InChI is InChI=1S/C16H28N4/c1-18-9-3-6-16(13-18)7-4-10-20(14-16)11-5-15-17-8-12-19(15)2/h8,12H,3-7,9-11,13-14H2,1-2H3. The lowest BCUT2D eigenvalue weighted by Crippen LogP contribution is -2.51. The molecule has 0 bridgehead atoms. The van der Waals surface area contributed by atoms with Crippen molar-refractivity contribution in [2.24, 2.45) is 12.5 Å². The maximum Gasteiger partial charge on any atom is 0.109 e. The molecule has 0 amide bonds. The molecule has 2 saturated heterocycles. The highest BCUT2D eigenvalue weighted by atomic mass is 15.2. The molecule has 0 aliphatic carbocycles. The highest BCUT2D eigenvalue weighted by molar-refractivity contribution is 4.95. The van der Waals surface area contributed by atoms with E-state index >= 15 is 0 Å². The van der Waals surface area contributed by atoms with Crippen LogP contribution in [0.1, 0.15) is 31.5 Å². The Labute approximate surface area is 122 Å². The number of imidazole rings is 1. The van der Waals surface area contributed by atoms with Crippen molar-refractivity contribution in [1.82, 2.24) is 19.4 Å². The van der Waals surface area contributed by atoms with E-state index in [9.17, 15) is 0 Å².